The molecule has 1 aliphatic heterocycles. The summed E-state index contributed by atoms with van der Waals surface area (Å²) in [6.45, 7) is 1.15. The summed E-state index contributed by atoms with van der Waals surface area (Å²) in [5.74, 6) is 0. The van der Waals surface area contributed by atoms with Crippen LogP contribution in [0.2, 0.25) is 5.02 Å². The molecule has 2 rings (SSSR count). The lowest BCUT2D eigenvalue weighted by Gasteiger charge is -2.21. The second kappa shape index (κ2) is 6.43. The molecule has 0 atom stereocenters. The number of nitrogens with zero attached hydrogens (tertiary/aromatic N) is 1. The Morgan fingerprint density at radius 3 is 2.42 bits per heavy atom. The summed E-state index contributed by atoms with van der Waals surface area (Å²) in [6, 6.07) is 5.03. The number of nitrogens with one attached hydrogen (secondary N) is 1. The molecule has 1 heterocycles. The lowest BCUT2D eigenvalue weighted by Crippen LogP contribution is -2.36. The van der Waals surface area contributed by atoms with Gasteiger partial charge >= 0.3 is 10.2 Å². The van der Waals surface area contributed by atoms with Gasteiger partial charge in [-0.05, 0) is 47.0 Å². The molecule has 0 radical (unpaired) electrons. The van der Waals surface area contributed by atoms with Crippen LogP contribution in [0.1, 0.15) is 25.7 Å². The summed E-state index contributed by atoms with van der Waals surface area (Å²) in [6.07, 6.45) is 4.01. The largest absolute Gasteiger partial charge is 0.301 e. The normalized spacial score (nSPS) is 18.0. The smallest absolute Gasteiger partial charge is 0.270 e. The van der Waals surface area contributed by atoms with Gasteiger partial charge < -0.3 is 0 Å². The predicted octanol–water partition coefficient (Wildman–Crippen LogP) is 3.64. The molecule has 0 spiro atoms. The Morgan fingerprint density at radius 2 is 1.79 bits per heavy atom. The van der Waals surface area contributed by atoms with E-state index in [2.05, 4.69) is 20.7 Å². The second-order valence-corrected chi connectivity index (χ2v) is 7.51. The summed E-state index contributed by atoms with van der Waals surface area (Å²) in [4.78, 5) is 0. The molecular weight excluding hydrogens is 352 g/mol. The van der Waals surface area contributed by atoms with Crippen molar-refractivity contribution in [1.29, 1.82) is 0 Å². The monoisotopic (exact) mass is 366 g/mol. The van der Waals surface area contributed by atoms with E-state index in [1.165, 1.54) is 4.31 Å². The van der Waals surface area contributed by atoms with E-state index < -0.39 is 10.2 Å². The van der Waals surface area contributed by atoms with Gasteiger partial charge in [0.15, 0.2) is 0 Å². The van der Waals surface area contributed by atoms with Crippen LogP contribution in [0.5, 0.6) is 0 Å². The van der Waals surface area contributed by atoms with Crippen molar-refractivity contribution in [3.05, 3.63) is 27.7 Å². The van der Waals surface area contributed by atoms with E-state index in [1.807, 2.05) is 0 Å². The lowest BCUT2D eigenvalue weighted by atomic mass is 10.2. The van der Waals surface area contributed by atoms with Crippen LogP contribution in [0.25, 0.3) is 0 Å². The molecule has 0 unspecified atom stereocenters. The maximum atomic E-state index is 12.3. The first-order valence-corrected chi connectivity index (χ1v) is 8.83. The van der Waals surface area contributed by atoms with Crippen molar-refractivity contribution in [2.45, 2.75) is 25.7 Å². The number of hydrogen-bond donors (Lipinski definition) is 1. The molecule has 106 valence electrons. The SMILES string of the molecule is O=S(=O)(Nc1cc(Cl)ccc1Br)N1CCCCCC1. The minimum atomic E-state index is -3.50. The molecular formula is C12H16BrClN2O2S. The molecule has 19 heavy (non-hydrogen) atoms. The van der Waals surface area contributed by atoms with Gasteiger partial charge in [-0.2, -0.15) is 12.7 Å². The Labute approximate surface area is 127 Å². The molecule has 4 nitrogen and oxygen atoms in total. The van der Waals surface area contributed by atoms with Crippen molar-refractivity contribution < 1.29 is 8.42 Å². The first-order valence-electron chi connectivity index (χ1n) is 6.22. The van der Waals surface area contributed by atoms with Gasteiger partial charge in [0.25, 0.3) is 0 Å². The number of benzene rings is 1. The standard InChI is InChI=1S/C12H16BrClN2O2S/c13-11-6-5-10(14)9-12(11)15-19(17,18)16-7-3-1-2-4-8-16/h5-6,9,15H,1-4,7-8H2. The van der Waals surface area contributed by atoms with E-state index in [4.69, 9.17) is 11.6 Å². The van der Waals surface area contributed by atoms with Crippen LogP contribution >= 0.6 is 27.5 Å². The van der Waals surface area contributed by atoms with Gasteiger partial charge in [0.1, 0.15) is 0 Å². The maximum absolute atomic E-state index is 12.3. The van der Waals surface area contributed by atoms with Crippen LogP contribution in [0.3, 0.4) is 0 Å². The third-order valence-corrected chi connectivity index (χ3v) is 5.52. The molecule has 1 aromatic carbocycles. The third-order valence-electron chi connectivity index (χ3n) is 3.07. The third kappa shape index (κ3) is 4.08. The van der Waals surface area contributed by atoms with E-state index in [9.17, 15) is 8.42 Å². The molecule has 0 aliphatic carbocycles. The van der Waals surface area contributed by atoms with E-state index >= 15 is 0 Å². The zero-order valence-corrected chi connectivity index (χ0v) is 13.6. The summed E-state index contributed by atoms with van der Waals surface area (Å²) in [5, 5.41) is 0.497. The van der Waals surface area contributed by atoms with E-state index in [0.29, 0.717) is 28.3 Å². The summed E-state index contributed by atoms with van der Waals surface area (Å²) in [7, 11) is -3.50. The fourth-order valence-electron chi connectivity index (χ4n) is 2.06. The molecule has 0 saturated carbocycles. The molecule has 0 bridgehead atoms. The first kappa shape index (κ1) is 15.1. The van der Waals surface area contributed by atoms with Gasteiger partial charge in [-0.1, -0.05) is 24.4 Å². The zero-order valence-electron chi connectivity index (χ0n) is 10.4. The highest BCUT2D eigenvalue weighted by Gasteiger charge is 2.23. The van der Waals surface area contributed by atoms with Crippen molar-refractivity contribution in [3.8, 4) is 0 Å². The van der Waals surface area contributed by atoms with E-state index in [-0.39, 0.29) is 0 Å². The number of hydrogen-bond acceptors (Lipinski definition) is 2. The van der Waals surface area contributed by atoms with E-state index in [1.54, 1.807) is 18.2 Å². The van der Waals surface area contributed by atoms with Crippen molar-refractivity contribution in [2.75, 3.05) is 17.8 Å². The van der Waals surface area contributed by atoms with Gasteiger partial charge in [0.2, 0.25) is 0 Å². The Hall–Kier alpha value is -0.300. The van der Waals surface area contributed by atoms with Gasteiger partial charge in [-0.25, -0.2) is 0 Å². The Balaban J connectivity index is 2.18. The minimum Gasteiger partial charge on any atom is -0.270 e. The predicted molar refractivity (Wildman–Crippen MR) is 81.7 cm³/mol. The highest BCUT2D eigenvalue weighted by atomic mass is 79.9. The molecule has 1 aromatic rings. The van der Waals surface area contributed by atoms with Gasteiger partial charge in [0.05, 0.1) is 5.69 Å². The summed E-state index contributed by atoms with van der Waals surface area (Å²) >= 11 is 9.21. The molecule has 0 amide bonds. The molecule has 1 saturated heterocycles. The van der Waals surface area contributed by atoms with Crippen LogP contribution in [0.4, 0.5) is 5.69 Å². The minimum absolute atomic E-state index is 0.469. The lowest BCUT2D eigenvalue weighted by molar-refractivity contribution is 0.427. The molecule has 0 aromatic heterocycles. The van der Waals surface area contributed by atoms with Gasteiger partial charge in [-0.15, -0.1) is 0 Å². The summed E-state index contributed by atoms with van der Waals surface area (Å²) < 4.78 is 29.4. The van der Waals surface area contributed by atoms with Crippen molar-refractivity contribution in [2.24, 2.45) is 0 Å². The fraction of sp³-hybridized carbons (Fsp3) is 0.500. The highest BCUT2D eigenvalue weighted by molar-refractivity contribution is 9.10. The second-order valence-electron chi connectivity index (χ2n) is 4.54. The van der Waals surface area contributed by atoms with Crippen LogP contribution in [-0.2, 0) is 10.2 Å². The first-order chi connectivity index (χ1) is 8.99. The van der Waals surface area contributed by atoms with Crippen LogP contribution in [0, 0.1) is 0 Å². The Kier molecular flexibility index (Phi) is 5.11. The topological polar surface area (TPSA) is 49.4 Å². The summed E-state index contributed by atoms with van der Waals surface area (Å²) in [5.41, 5.74) is 0.469. The quantitative estimate of drug-likeness (QED) is 0.887. The average Bonchev–Trinajstić information content (AvgIpc) is 2.63. The van der Waals surface area contributed by atoms with Crippen LogP contribution in [-0.4, -0.2) is 25.8 Å². The number of halogens is 2. The van der Waals surface area contributed by atoms with Crippen LogP contribution in [0.15, 0.2) is 22.7 Å². The molecule has 1 fully saturated rings. The van der Waals surface area contributed by atoms with Crippen molar-refractivity contribution >= 4 is 43.4 Å². The number of rotatable bonds is 3. The highest BCUT2D eigenvalue weighted by Crippen LogP contribution is 2.27. The van der Waals surface area contributed by atoms with Crippen molar-refractivity contribution in [1.82, 2.24) is 4.31 Å². The van der Waals surface area contributed by atoms with Crippen LogP contribution < -0.4 is 4.72 Å². The number of anilines is 1. The fourth-order valence-corrected chi connectivity index (χ4v) is 4.03. The molecule has 1 aliphatic rings. The molecule has 1 N–H and O–H groups in total. The average molecular weight is 368 g/mol. The Bertz CT molecular complexity index is 543. The Morgan fingerprint density at radius 1 is 1.16 bits per heavy atom. The maximum Gasteiger partial charge on any atom is 0.301 e. The van der Waals surface area contributed by atoms with E-state index in [0.717, 1.165) is 25.7 Å². The van der Waals surface area contributed by atoms with Gasteiger partial charge in [0, 0.05) is 22.6 Å². The van der Waals surface area contributed by atoms with Gasteiger partial charge in [-0.3, -0.25) is 4.72 Å². The zero-order chi connectivity index (χ0) is 13.9. The molecule has 7 heteroatoms. The van der Waals surface area contributed by atoms with Crippen molar-refractivity contribution in [3.63, 3.8) is 0 Å².